The van der Waals surface area contributed by atoms with Crippen molar-refractivity contribution in [2.75, 3.05) is 0 Å². The molecule has 0 fully saturated rings. The number of halogens is 1. The van der Waals surface area contributed by atoms with Crippen molar-refractivity contribution < 1.29 is 4.74 Å². The Morgan fingerprint density at radius 2 is 1.26 bits per heavy atom. The molecule has 0 unspecified atom stereocenters. The predicted octanol–water partition coefficient (Wildman–Crippen LogP) is 7.96. The molecule has 5 aromatic rings. The Morgan fingerprint density at radius 1 is 0.581 bits per heavy atom. The Labute approximate surface area is 185 Å². The van der Waals surface area contributed by atoms with Crippen LogP contribution in [0.5, 0.6) is 11.5 Å². The molecular weight excluding hydrogens is 400 g/mol. The molecule has 1 nitrogen and oxygen atoms in total. The van der Waals surface area contributed by atoms with E-state index in [4.69, 9.17) is 16.3 Å². The molecule has 0 saturated carbocycles. The summed E-state index contributed by atoms with van der Waals surface area (Å²) in [7, 11) is 0. The van der Waals surface area contributed by atoms with Crippen LogP contribution in [-0.4, -0.2) is 0 Å². The fourth-order valence-corrected chi connectivity index (χ4v) is 5.81. The lowest BCUT2D eigenvalue weighted by Gasteiger charge is -2.39. The summed E-state index contributed by atoms with van der Waals surface area (Å²) < 4.78 is 6.38. The van der Waals surface area contributed by atoms with Gasteiger partial charge in [0, 0.05) is 16.1 Å². The maximum absolute atomic E-state index is 6.61. The largest absolute Gasteiger partial charge is 0.457 e. The molecule has 1 aliphatic carbocycles. The normalized spacial score (nSPS) is 14.5. The van der Waals surface area contributed by atoms with E-state index in [9.17, 15) is 0 Å². The van der Waals surface area contributed by atoms with E-state index in [1.54, 1.807) is 0 Å². The summed E-state index contributed by atoms with van der Waals surface area (Å²) in [4.78, 5) is 0. The van der Waals surface area contributed by atoms with Gasteiger partial charge < -0.3 is 4.74 Å². The zero-order chi connectivity index (χ0) is 20.6. The van der Waals surface area contributed by atoms with E-state index >= 15 is 0 Å². The van der Waals surface area contributed by atoms with Crippen molar-refractivity contribution in [3.8, 4) is 22.6 Å². The third kappa shape index (κ3) is 2.07. The second kappa shape index (κ2) is 6.00. The summed E-state index contributed by atoms with van der Waals surface area (Å²) in [5.41, 5.74) is 6.88. The Bertz CT molecular complexity index is 1490. The van der Waals surface area contributed by atoms with Gasteiger partial charge in [0.1, 0.15) is 11.5 Å². The minimum Gasteiger partial charge on any atom is -0.457 e. The Balaban J connectivity index is 1.75. The second-order valence-electron chi connectivity index (χ2n) is 8.24. The van der Waals surface area contributed by atoms with Gasteiger partial charge in [-0.15, -0.1) is 0 Å². The van der Waals surface area contributed by atoms with Gasteiger partial charge in [-0.3, -0.25) is 0 Å². The van der Waals surface area contributed by atoms with Gasteiger partial charge in [0.25, 0.3) is 0 Å². The van der Waals surface area contributed by atoms with Crippen LogP contribution in [0.15, 0.2) is 103 Å². The van der Waals surface area contributed by atoms with E-state index in [1.807, 2.05) is 18.2 Å². The zero-order valence-corrected chi connectivity index (χ0v) is 17.4. The van der Waals surface area contributed by atoms with Crippen LogP contribution in [0.3, 0.4) is 0 Å². The summed E-state index contributed by atoms with van der Waals surface area (Å²) in [5.74, 6) is 1.79. The molecule has 2 aliphatic rings. The second-order valence-corrected chi connectivity index (χ2v) is 8.68. The molecule has 0 N–H and O–H groups in total. The van der Waals surface area contributed by atoms with Crippen molar-refractivity contribution in [3.05, 3.63) is 130 Å². The first-order valence-corrected chi connectivity index (χ1v) is 10.9. The van der Waals surface area contributed by atoms with Gasteiger partial charge >= 0.3 is 0 Å². The lowest BCUT2D eigenvalue weighted by molar-refractivity contribution is 0.436. The summed E-state index contributed by atoms with van der Waals surface area (Å²) in [6.45, 7) is 0. The zero-order valence-electron chi connectivity index (χ0n) is 16.6. The van der Waals surface area contributed by atoms with Gasteiger partial charge in [0.15, 0.2) is 0 Å². The average molecular weight is 417 g/mol. The molecule has 0 bridgehead atoms. The number of benzene rings is 5. The molecule has 0 saturated heterocycles. The molecule has 0 aromatic heterocycles. The van der Waals surface area contributed by atoms with E-state index in [0.717, 1.165) is 27.6 Å². The number of fused-ring (bicyclic) bond motifs is 11. The minimum absolute atomic E-state index is 0.467. The highest BCUT2D eigenvalue weighted by atomic mass is 35.5. The van der Waals surface area contributed by atoms with Crippen molar-refractivity contribution in [2.24, 2.45) is 0 Å². The highest BCUT2D eigenvalue weighted by Crippen LogP contribution is 2.63. The summed E-state index contributed by atoms with van der Waals surface area (Å²) in [6, 6.07) is 36.3. The minimum atomic E-state index is -0.467. The number of rotatable bonds is 0. The molecule has 5 aromatic carbocycles. The van der Waals surface area contributed by atoms with Crippen molar-refractivity contribution in [2.45, 2.75) is 5.41 Å². The Morgan fingerprint density at radius 3 is 2.03 bits per heavy atom. The standard InChI is InChI=1S/C29H17ClO/c30-19-14-15-21-25(17-19)29(24-16-13-18-7-1-2-8-20(18)28(21)24)22-9-3-5-11-26(22)31-27-12-6-4-10-23(27)29/h1-17H. The topological polar surface area (TPSA) is 9.23 Å². The summed E-state index contributed by atoms with van der Waals surface area (Å²) in [5, 5.41) is 3.26. The SMILES string of the molecule is Clc1ccc2c(c1)C1(c3ccccc3Oc3ccccc31)c1ccc3ccccc3c1-2. The van der Waals surface area contributed by atoms with Crippen LogP contribution in [0, 0.1) is 0 Å². The third-order valence-corrected chi connectivity index (χ3v) is 7.03. The maximum atomic E-state index is 6.61. The Kier molecular flexibility index (Phi) is 3.32. The van der Waals surface area contributed by atoms with E-state index in [2.05, 4.69) is 84.9 Å². The molecule has 0 amide bonds. The Hall–Kier alpha value is -3.55. The van der Waals surface area contributed by atoms with Crippen molar-refractivity contribution in [1.29, 1.82) is 0 Å². The van der Waals surface area contributed by atoms with Crippen LogP contribution < -0.4 is 4.74 Å². The molecule has 146 valence electrons. The quantitative estimate of drug-likeness (QED) is 0.243. The molecule has 1 aliphatic heterocycles. The van der Waals surface area contributed by atoms with Crippen LogP contribution in [0.4, 0.5) is 0 Å². The highest BCUT2D eigenvalue weighted by Gasteiger charge is 2.51. The highest BCUT2D eigenvalue weighted by molar-refractivity contribution is 6.31. The van der Waals surface area contributed by atoms with Crippen molar-refractivity contribution >= 4 is 22.4 Å². The van der Waals surface area contributed by atoms with Gasteiger partial charge in [0.05, 0.1) is 5.41 Å². The first-order valence-electron chi connectivity index (χ1n) is 10.5. The first-order chi connectivity index (χ1) is 15.3. The number of hydrogen-bond donors (Lipinski definition) is 0. The number of para-hydroxylation sites is 2. The fraction of sp³-hybridized carbons (Fsp3) is 0.0345. The molecule has 31 heavy (non-hydrogen) atoms. The van der Waals surface area contributed by atoms with E-state index in [-0.39, 0.29) is 0 Å². The number of hydrogen-bond acceptors (Lipinski definition) is 1. The molecule has 0 atom stereocenters. The molecular formula is C29H17ClO. The van der Waals surface area contributed by atoms with Crippen molar-refractivity contribution in [1.82, 2.24) is 0 Å². The average Bonchev–Trinajstić information content (AvgIpc) is 3.10. The first kappa shape index (κ1) is 17.2. The molecule has 0 radical (unpaired) electrons. The van der Waals surface area contributed by atoms with E-state index in [1.165, 1.54) is 33.0 Å². The van der Waals surface area contributed by atoms with Gasteiger partial charge in [-0.2, -0.15) is 0 Å². The van der Waals surface area contributed by atoms with Crippen LogP contribution >= 0.6 is 11.6 Å². The lowest BCUT2D eigenvalue weighted by atomic mass is 9.66. The molecule has 1 spiro atoms. The fourth-order valence-electron chi connectivity index (χ4n) is 5.64. The van der Waals surface area contributed by atoms with E-state index in [0.29, 0.717) is 0 Å². The van der Waals surface area contributed by atoms with Gasteiger partial charge in [-0.25, -0.2) is 0 Å². The maximum Gasteiger partial charge on any atom is 0.132 e. The number of ether oxygens (including phenoxy) is 1. The van der Waals surface area contributed by atoms with Gasteiger partial charge in [-0.05, 0) is 57.3 Å². The lowest BCUT2D eigenvalue weighted by Crippen LogP contribution is -2.32. The van der Waals surface area contributed by atoms with Crippen LogP contribution in [0.25, 0.3) is 21.9 Å². The van der Waals surface area contributed by atoms with Crippen LogP contribution in [0.1, 0.15) is 22.3 Å². The smallest absolute Gasteiger partial charge is 0.132 e. The molecule has 1 heterocycles. The van der Waals surface area contributed by atoms with Crippen LogP contribution in [0.2, 0.25) is 5.02 Å². The predicted molar refractivity (Wildman–Crippen MR) is 126 cm³/mol. The van der Waals surface area contributed by atoms with E-state index < -0.39 is 5.41 Å². The molecule has 2 heteroatoms. The monoisotopic (exact) mass is 416 g/mol. The third-order valence-electron chi connectivity index (χ3n) is 6.79. The van der Waals surface area contributed by atoms with Crippen LogP contribution in [-0.2, 0) is 5.41 Å². The van der Waals surface area contributed by atoms with Gasteiger partial charge in [0.2, 0.25) is 0 Å². The van der Waals surface area contributed by atoms with Crippen molar-refractivity contribution in [3.63, 3.8) is 0 Å². The van der Waals surface area contributed by atoms with Gasteiger partial charge in [-0.1, -0.05) is 90.5 Å². The summed E-state index contributed by atoms with van der Waals surface area (Å²) in [6.07, 6.45) is 0. The molecule has 7 rings (SSSR count). The summed E-state index contributed by atoms with van der Waals surface area (Å²) >= 11 is 6.61.